The average Bonchev–Trinajstić information content (AvgIpc) is 3.78. The number of halogens is 3. The van der Waals surface area contributed by atoms with Crippen LogP contribution < -0.4 is 9.80 Å². The third-order valence-corrected chi connectivity index (χ3v) is 11.2. The van der Waals surface area contributed by atoms with Gasteiger partial charge in [0.1, 0.15) is 22.3 Å². The molecule has 9 aromatic carbocycles. The molecule has 0 unspecified atom stereocenters. The van der Waals surface area contributed by atoms with Crippen molar-refractivity contribution in [3.63, 3.8) is 0 Å². The van der Waals surface area contributed by atoms with Gasteiger partial charge in [-0.2, -0.15) is 13.2 Å². The molecule has 2 aromatic heterocycles. The summed E-state index contributed by atoms with van der Waals surface area (Å²) in [5.74, 6) is 0. The number of furan rings is 2. The number of anilines is 6. The van der Waals surface area contributed by atoms with Gasteiger partial charge < -0.3 is 18.6 Å². The van der Waals surface area contributed by atoms with Crippen LogP contribution in [0.25, 0.3) is 65.4 Å². The van der Waals surface area contributed by atoms with E-state index in [4.69, 9.17) is 8.83 Å². The van der Waals surface area contributed by atoms with Gasteiger partial charge in [-0.05, 0) is 150 Å². The van der Waals surface area contributed by atoms with Crippen molar-refractivity contribution >= 4 is 99.5 Å². The first-order valence-corrected chi connectivity index (χ1v) is 19.4. The molecule has 0 N–H and O–H groups in total. The van der Waals surface area contributed by atoms with E-state index in [9.17, 15) is 13.2 Å². The molecule has 0 aliphatic heterocycles. The Morgan fingerprint density at radius 3 is 1.17 bits per heavy atom. The maximum Gasteiger partial charge on any atom is 0.416 e. The van der Waals surface area contributed by atoms with Crippen LogP contribution in [-0.2, 0) is 6.18 Å². The lowest BCUT2D eigenvalue weighted by molar-refractivity contribution is -0.137. The van der Waals surface area contributed by atoms with Crippen LogP contribution in [0.5, 0.6) is 0 Å². The molecule has 0 saturated carbocycles. The Morgan fingerprint density at radius 2 is 0.729 bits per heavy atom. The van der Waals surface area contributed by atoms with Crippen LogP contribution in [0.4, 0.5) is 47.3 Å². The fourth-order valence-electron chi connectivity index (χ4n) is 8.33. The number of para-hydroxylation sites is 2. The summed E-state index contributed by atoms with van der Waals surface area (Å²) in [7, 11) is 0. The SMILES string of the molecule is Cc1ccc(N(c2ccccc2)c2ccc3cc4c(cc3c2)oc2cc3c(cc24)oc2cc4cc(N(c5ccccc5)c5ccc(C(F)(F)F)cc5)ccc4cc23)cc1. The molecule has 2 heterocycles. The summed E-state index contributed by atoms with van der Waals surface area (Å²) in [5.41, 5.74) is 9.07. The molecule has 7 heteroatoms. The van der Waals surface area contributed by atoms with Crippen LogP contribution in [0.15, 0.2) is 191 Å². The lowest BCUT2D eigenvalue weighted by Gasteiger charge is -2.26. The fourth-order valence-corrected chi connectivity index (χ4v) is 8.33. The molecule has 0 fully saturated rings. The third-order valence-electron chi connectivity index (χ3n) is 11.2. The molecule has 0 aliphatic rings. The summed E-state index contributed by atoms with van der Waals surface area (Å²) in [5, 5.41) is 8.04. The number of alkyl halides is 3. The summed E-state index contributed by atoms with van der Waals surface area (Å²) in [6.45, 7) is 2.10. The molecule has 284 valence electrons. The predicted octanol–water partition coefficient (Wildman–Crippen LogP) is 16.1. The summed E-state index contributed by atoms with van der Waals surface area (Å²) in [4.78, 5) is 4.22. The van der Waals surface area contributed by atoms with E-state index in [1.807, 2.05) is 65.6 Å². The minimum atomic E-state index is -4.42. The van der Waals surface area contributed by atoms with E-state index in [-0.39, 0.29) is 0 Å². The summed E-state index contributed by atoms with van der Waals surface area (Å²) < 4.78 is 53.5. The smallest absolute Gasteiger partial charge is 0.416 e. The highest BCUT2D eigenvalue weighted by Crippen LogP contribution is 2.43. The van der Waals surface area contributed by atoms with Crippen LogP contribution in [0.2, 0.25) is 0 Å². The van der Waals surface area contributed by atoms with Crippen LogP contribution >= 0.6 is 0 Å². The molecule has 11 aromatic rings. The number of aryl methyl sites for hydroxylation is 1. The second kappa shape index (κ2) is 13.3. The van der Waals surface area contributed by atoms with Gasteiger partial charge in [0.15, 0.2) is 0 Å². The van der Waals surface area contributed by atoms with Gasteiger partial charge in [-0.15, -0.1) is 0 Å². The quantitative estimate of drug-likeness (QED) is 0.168. The van der Waals surface area contributed by atoms with Gasteiger partial charge in [0.05, 0.1) is 5.56 Å². The van der Waals surface area contributed by atoms with Crippen molar-refractivity contribution in [3.05, 3.63) is 193 Å². The van der Waals surface area contributed by atoms with Gasteiger partial charge >= 0.3 is 6.18 Å². The first kappa shape index (κ1) is 34.7. The van der Waals surface area contributed by atoms with Crippen molar-refractivity contribution in [2.75, 3.05) is 9.80 Å². The molecule has 0 amide bonds. The fraction of sp³-hybridized carbons (Fsp3) is 0.0385. The predicted molar refractivity (Wildman–Crippen MR) is 235 cm³/mol. The molecule has 0 radical (unpaired) electrons. The van der Waals surface area contributed by atoms with E-state index >= 15 is 0 Å². The maximum absolute atomic E-state index is 13.4. The van der Waals surface area contributed by atoms with Crippen molar-refractivity contribution in [1.82, 2.24) is 0 Å². The van der Waals surface area contributed by atoms with Crippen LogP contribution in [0.3, 0.4) is 0 Å². The van der Waals surface area contributed by atoms with E-state index in [2.05, 4.69) is 109 Å². The lowest BCUT2D eigenvalue weighted by atomic mass is 10.0. The number of hydrogen-bond acceptors (Lipinski definition) is 4. The highest BCUT2D eigenvalue weighted by atomic mass is 19.4. The highest BCUT2D eigenvalue weighted by molar-refractivity contribution is 6.18. The first-order chi connectivity index (χ1) is 28.7. The lowest BCUT2D eigenvalue weighted by Crippen LogP contribution is -2.11. The van der Waals surface area contributed by atoms with Crippen molar-refractivity contribution in [2.24, 2.45) is 0 Å². The molecule has 0 bridgehead atoms. The standard InChI is InChI=1S/C52H33F3N2O2/c1-32-12-18-40(19-13-32)56(38-8-4-2-5-9-38)42-20-14-33-26-44-46-30-51-47(31-50(46)58-48(44)28-35(33)24-42)45-27-34-15-21-43(25-36(34)29-49(45)59-51)57(39-10-6-3-7-11-39)41-22-16-37(17-23-41)52(53,54)55/h2-31H,1H3. The summed E-state index contributed by atoms with van der Waals surface area (Å²) >= 11 is 0. The van der Waals surface area contributed by atoms with Crippen LogP contribution in [0.1, 0.15) is 11.1 Å². The monoisotopic (exact) mass is 774 g/mol. The Hall–Kier alpha value is -7.51. The van der Waals surface area contributed by atoms with Gasteiger partial charge in [0.2, 0.25) is 0 Å². The van der Waals surface area contributed by atoms with Crippen molar-refractivity contribution in [1.29, 1.82) is 0 Å². The van der Waals surface area contributed by atoms with E-state index in [1.165, 1.54) is 17.7 Å². The van der Waals surface area contributed by atoms with Gasteiger partial charge in [0.25, 0.3) is 0 Å². The van der Waals surface area contributed by atoms with E-state index in [1.54, 1.807) is 0 Å². The summed E-state index contributed by atoms with van der Waals surface area (Å²) in [6, 6.07) is 59.1. The Morgan fingerprint density at radius 1 is 0.356 bits per heavy atom. The molecular weight excluding hydrogens is 742 g/mol. The largest absolute Gasteiger partial charge is 0.456 e. The second-order valence-corrected chi connectivity index (χ2v) is 15.0. The second-order valence-electron chi connectivity index (χ2n) is 15.0. The maximum atomic E-state index is 13.4. The Bertz CT molecular complexity index is 3370. The Balaban J connectivity index is 0.989. The minimum absolute atomic E-state index is 0.618. The van der Waals surface area contributed by atoms with Crippen molar-refractivity contribution < 1.29 is 22.0 Å². The van der Waals surface area contributed by atoms with Gasteiger partial charge in [-0.1, -0.05) is 66.2 Å². The highest BCUT2D eigenvalue weighted by Gasteiger charge is 2.30. The topological polar surface area (TPSA) is 32.8 Å². The molecule has 0 aliphatic carbocycles. The molecule has 11 rings (SSSR count). The Kier molecular flexibility index (Phi) is 7.82. The zero-order valence-corrected chi connectivity index (χ0v) is 31.7. The zero-order valence-electron chi connectivity index (χ0n) is 31.7. The molecule has 0 saturated heterocycles. The van der Waals surface area contributed by atoms with Crippen molar-refractivity contribution in [2.45, 2.75) is 13.1 Å². The Labute approximate surface area is 336 Å². The van der Waals surface area contributed by atoms with Gasteiger partial charge in [-0.3, -0.25) is 0 Å². The number of hydrogen-bond donors (Lipinski definition) is 0. The molecule has 59 heavy (non-hydrogen) atoms. The normalized spacial score (nSPS) is 12.1. The number of benzene rings is 9. The molecular formula is C52H33F3N2O2. The number of rotatable bonds is 6. The van der Waals surface area contributed by atoms with Gasteiger partial charge in [0, 0.05) is 55.7 Å². The molecule has 0 atom stereocenters. The molecule has 0 spiro atoms. The number of nitrogens with zero attached hydrogens (tertiary/aromatic N) is 2. The minimum Gasteiger partial charge on any atom is -0.456 e. The first-order valence-electron chi connectivity index (χ1n) is 19.4. The average molecular weight is 775 g/mol. The van der Waals surface area contributed by atoms with Gasteiger partial charge in [-0.25, -0.2) is 0 Å². The zero-order chi connectivity index (χ0) is 39.8. The van der Waals surface area contributed by atoms with Crippen LogP contribution in [-0.4, -0.2) is 0 Å². The van der Waals surface area contributed by atoms with Crippen LogP contribution in [0, 0.1) is 6.92 Å². The number of fused-ring (bicyclic) bond motifs is 8. The van der Waals surface area contributed by atoms with E-state index in [0.717, 1.165) is 106 Å². The van der Waals surface area contributed by atoms with E-state index < -0.39 is 11.7 Å². The summed E-state index contributed by atoms with van der Waals surface area (Å²) in [6.07, 6.45) is -4.42. The van der Waals surface area contributed by atoms with Crippen molar-refractivity contribution in [3.8, 4) is 0 Å². The third kappa shape index (κ3) is 6.01. The molecule has 4 nitrogen and oxygen atoms in total. The van der Waals surface area contributed by atoms with E-state index in [0.29, 0.717) is 5.69 Å².